The molecule has 1 aromatic heterocycles. The number of ether oxygens (including phenoxy) is 2. The van der Waals surface area contributed by atoms with E-state index in [1.165, 1.54) is 25.2 Å². The van der Waals surface area contributed by atoms with Gasteiger partial charge in [-0.3, -0.25) is 9.48 Å². The van der Waals surface area contributed by atoms with Crippen LogP contribution in [0.2, 0.25) is 0 Å². The fourth-order valence-electron chi connectivity index (χ4n) is 0.895. The van der Waals surface area contributed by atoms with Gasteiger partial charge in [-0.15, -0.1) is 5.10 Å². The topological polar surface area (TPSA) is 83.3 Å². The van der Waals surface area contributed by atoms with Crippen LogP contribution >= 0.6 is 0 Å². The minimum Gasteiger partial charge on any atom is -0.469 e. The molecule has 0 atom stereocenters. The number of nitrogens with zero attached hydrogens (tertiary/aromatic N) is 3. The molecule has 82 valence electrons. The molecule has 0 radical (unpaired) electrons. The van der Waals surface area contributed by atoms with Crippen LogP contribution in [0, 0.1) is 0 Å². The van der Waals surface area contributed by atoms with E-state index in [4.69, 9.17) is 0 Å². The summed E-state index contributed by atoms with van der Waals surface area (Å²) < 4.78 is 10.3. The zero-order valence-electron chi connectivity index (χ0n) is 8.47. The Kier molecular flexibility index (Phi) is 3.78. The monoisotopic (exact) mass is 213 g/mol. The van der Waals surface area contributed by atoms with Crippen molar-refractivity contribution >= 4 is 11.9 Å². The van der Waals surface area contributed by atoms with Crippen LogP contribution in [-0.2, 0) is 20.8 Å². The van der Waals surface area contributed by atoms with E-state index in [-0.39, 0.29) is 18.2 Å². The van der Waals surface area contributed by atoms with Gasteiger partial charge in [-0.25, -0.2) is 9.78 Å². The second-order valence-corrected chi connectivity index (χ2v) is 2.65. The number of esters is 2. The summed E-state index contributed by atoms with van der Waals surface area (Å²) in [6, 6.07) is 0. The van der Waals surface area contributed by atoms with Gasteiger partial charge in [0.25, 0.3) is 5.82 Å². The van der Waals surface area contributed by atoms with Crippen LogP contribution in [0.4, 0.5) is 0 Å². The molecule has 7 heteroatoms. The Bertz CT molecular complexity index is 361. The van der Waals surface area contributed by atoms with Crippen LogP contribution in [0.15, 0.2) is 6.33 Å². The number of hydrogen-bond acceptors (Lipinski definition) is 6. The van der Waals surface area contributed by atoms with Crippen molar-refractivity contribution in [2.24, 2.45) is 0 Å². The van der Waals surface area contributed by atoms with Crippen molar-refractivity contribution in [3.63, 3.8) is 0 Å². The lowest BCUT2D eigenvalue weighted by atomic mass is 10.4. The molecular weight excluding hydrogens is 202 g/mol. The first kappa shape index (κ1) is 11.2. The summed E-state index contributed by atoms with van der Waals surface area (Å²) in [6.07, 6.45) is 1.54. The van der Waals surface area contributed by atoms with Gasteiger partial charge in [0.15, 0.2) is 0 Å². The zero-order chi connectivity index (χ0) is 11.3. The molecule has 0 saturated carbocycles. The van der Waals surface area contributed by atoms with Gasteiger partial charge in [0, 0.05) is 0 Å². The van der Waals surface area contributed by atoms with E-state index in [2.05, 4.69) is 19.6 Å². The standard InChI is InChI=1S/C8H11N3O4/c1-14-6(12)3-4-11-5-9-7(10-11)8(13)15-2/h5H,3-4H2,1-2H3. The van der Waals surface area contributed by atoms with E-state index >= 15 is 0 Å². The molecule has 0 bridgehead atoms. The van der Waals surface area contributed by atoms with Crippen LogP contribution in [0.25, 0.3) is 0 Å². The van der Waals surface area contributed by atoms with Crippen molar-refractivity contribution < 1.29 is 19.1 Å². The average Bonchev–Trinajstić information content (AvgIpc) is 2.73. The normalized spacial score (nSPS) is 9.73. The minimum absolute atomic E-state index is 0.0256. The highest BCUT2D eigenvalue weighted by Gasteiger charge is 2.11. The molecule has 0 aliphatic carbocycles. The van der Waals surface area contributed by atoms with E-state index in [9.17, 15) is 9.59 Å². The molecule has 0 aliphatic heterocycles. The Morgan fingerprint density at radius 3 is 2.73 bits per heavy atom. The van der Waals surface area contributed by atoms with E-state index in [0.717, 1.165) is 0 Å². The largest absolute Gasteiger partial charge is 0.469 e. The first-order chi connectivity index (χ1) is 7.17. The molecule has 0 spiro atoms. The fourth-order valence-corrected chi connectivity index (χ4v) is 0.895. The van der Waals surface area contributed by atoms with E-state index in [0.29, 0.717) is 6.54 Å². The maximum atomic E-state index is 11.0. The van der Waals surface area contributed by atoms with Gasteiger partial charge in [0.05, 0.1) is 27.2 Å². The highest BCUT2D eigenvalue weighted by atomic mass is 16.5. The minimum atomic E-state index is -0.605. The molecule has 0 unspecified atom stereocenters. The van der Waals surface area contributed by atoms with Crippen molar-refractivity contribution in [1.29, 1.82) is 0 Å². The van der Waals surface area contributed by atoms with Gasteiger partial charge in [-0.2, -0.15) is 0 Å². The van der Waals surface area contributed by atoms with Crippen LogP contribution < -0.4 is 0 Å². The predicted molar refractivity (Wildman–Crippen MR) is 48.0 cm³/mol. The molecule has 0 N–H and O–H groups in total. The van der Waals surface area contributed by atoms with Gasteiger partial charge >= 0.3 is 11.9 Å². The Morgan fingerprint density at radius 2 is 2.13 bits per heavy atom. The summed E-state index contributed by atoms with van der Waals surface area (Å²) >= 11 is 0. The highest BCUT2D eigenvalue weighted by molar-refractivity contribution is 5.84. The van der Waals surface area contributed by atoms with Crippen LogP contribution in [-0.4, -0.2) is 40.9 Å². The van der Waals surface area contributed by atoms with Gasteiger partial charge in [0.2, 0.25) is 0 Å². The predicted octanol–water partition coefficient (Wildman–Crippen LogP) is -0.372. The van der Waals surface area contributed by atoms with Gasteiger partial charge in [-0.05, 0) is 0 Å². The van der Waals surface area contributed by atoms with Crippen molar-refractivity contribution in [3.05, 3.63) is 12.2 Å². The van der Waals surface area contributed by atoms with Crippen molar-refractivity contribution in [2.45, 2.75) is 13.0 Å². The molecule has 7 nitrogen and oxygen atoms in total. The maximum absolute atomic E-state index is 11.0. The van der Waals surface area contributed by atoms with Crippen molar-refractivity contribution in [3.8, 4) is 0 Å². The number of methoxy groups -OCH3 is 2. The lowest BCUT2D eigenvalue weighted by molar-refractivity contribution is -0.140. The molecule has 15 heavy (non-hydrogen) atoms. The van der Waals surface area contributed by atoms with Crippen molar-refractivity contribution in [2.75, 3.05) is 14.2 Å². The third-order valence-electron chi connectivity index (χ3n) is 1.68. The molecule has 0 amide bonds. The Hall–Kier alpha value is -1.92. The zero-order valence-corrected chi connectivity index (χ0v) is 8.47. The summed E-state index contributed by atoms with van der Waals surface area (Å²) in [7, 11) is 2.56. The Labute approximate surface area is 86.0 Å². The van der Waals surface area contributed by atoms with E-state index < -0.39 is 5.97 Å². The molecule has 1 aromatic rings. The van der Waals surface area contributed by atoms with Crippen LogP contribution in [0.5, 0.6) is 0 Å². The number of carbonyl (C=O) groups excluding carboxylic acids is 2. The SMILES string of the molecule is COC(=O)CCn1cnc(C(=O)OC)n1. The molecule has 0 saturated heterocycles. The summed E-state index contributed by atoms with van der Waals surface area (Å²) in [5.74, 6) is -0.973. The number of aryl methyl sites for hydroxylation is 1. The molecule has 0 aliphatic rings. The summed E-state index contributed by atoms with van der Waals surface area (Å²) in [5, 5.41) is 3.81. The molecular formula is C8H11N3O4. The molecule has 0 aromatic carbocycles. The Morgan fingerprint density at radius 1 is 1.40 bits per heavy atom. The van der Waals surface area contributed by atoms with E-state index in [1.807, 2.05) is 0 Å². The second kappa shape index (κ2) is 5.08. The summed E-state index contributed by atoms with van der Waals surface area (Å²) in [5.41, 5.74) is 0. The van der Waals surface area contributed by atoms with E-state index in [1.54, 1.807) is 0 Å². The van der Waals surface area contributed by atoms with Crippen LogP contribution in [0.3, 0.4) is 0 Å². The van der Waals surface area contributed by atoms with Gasteiger partial charge < -0.3 is 9.47 Å². The lowest BCUT2D eigenvalue weighted by Crippen LogP contribution is -2.09. The fraction of sp³-hybridized carbons (Fsp3) is 0.500. The number of aromatic nitrogens is 3. The first-order valence-electron chi connectivity index (χ1n) is 4.22. The third kappa shape index (κ3) is 3.04. The smallest absolute Gasteiger partial charge is 0.377 e. The first-order valence-corrected chi connectivity index (χ1v) is 4.22. The highest BCUT2D eigenvalue weighted by Crippen LogP contribution is 1.95. The third-order valence-corrected chi connectivity index (χ3v) is 1.68. The van der Waals surface area contributed by atoms with Gasteiger partial charge in [-0.1, -0.05) is 0 Å². The quantitative estimate of drug-likeness (QED) is 0.634. The average molecular weight is 213 g/mol. The summed E-state index contributed by atoms with van der Waals surface area (Å²) in [6.45, 7) is 0.316. The second-order valence-electron chi connectivity index (χ2n) is 2.65. The summed E-state index contributed by atoms with van der Waals surface area (Å²) in [4.78, 5) is 25.5. The Balaban J connectivity index is 2.53. The molecule has 0 fully saturated rings. The number of hydrogen-bond donors (Lipinski definition) is 0. The molecule has 1 heterocycles. The number of rotatable bonds is 4. The van der Waals surface area contributed by atoms with Crippen LogP contribution in [0.1, 0.15) is 17.0 Å². The lowest BCUT2D eigenvalue weighted by Gasteiger charge is -1.98. The van der Waals surface area contributed by atoms with Crippen molar-refractivity contribution in [1.82, 2.24) is 14.8 Å². The molecule has 1 rings (SSSR count). The number of carbonyl (C=O) groups is 2. The van der Waals surface area contributed by atoms with Gasteiger partial charge in [0.1, 0.15) is 6.33 Å². The maximum Gasteiger partial charge on any atom is 0.377 e.